The minimum Gasteiger partial charge on any atom is -0.339 e. The third-order valence-electron chi connectivity index (χ3n) is 5.42. The summed E-state index contributed by atoms with van der Waals surface area (Å²) in [5.74, 6) is 0.0525. The summed E-state index contributed by atoms with van der Waals surface area (Å²) >= 11 is 5.84. The molecule has 158 valence electrons. The van der Waals surface area contributed by atoms with E-state index in [1.807, 2.05) is 23.1 Å². The molecule has 0 aliphatic carbocycles. The molecule has 0 aromatic heterocycles. The van der Waals surface area contributed by atoms with Gasteiger partial charge in [-0.05, 0) is 42.7 Å². The van der Waals surface area contributed by atoms with Crippen molar-refractivity contribution in [3.05, 3.63) is 70.7 Å². The number of rotatable bonds is 8. The third-order valence-corrected chi connectivity index (χ3v) is 5.67. The molecule has 3 rings (SSSR count). The first-order valence-electron chi connectivity index (χ1n) is 10.4. The number of Topliss-reactive ketones (excluding diaryl/α,β-unsaturated/α-hetero) is 1. The molecule has 0 atom stereocenters. The van der Waals surface area contributed by atoms with Gasteiger partial charge in [-0.1, -0.05) is 41.9 Å². The summed E-state index contributed by atoms with van der Waals surface area (Å²) < 4.78 is 0. The second kappa shape index (κ2) is 10.9. The van der Waals surface area contributed by atoms with Crippen LogP contribution in [0.25, 0.3) is 0 Å². The van der Waals surface area contributed by atoms with E-state index in [-0.39, 0.29) is 30.4 Å². The second-order valence-corrected chi connectivity index (χ2v) is 7.97. The summed E-state index contributed by atoms with van der Waals surface area (Å²) in [4.78, 5) is 40.7. The minimum atomic E-state index is -0.0627. The van der Waals surface area contributed by atoms with Crippen molar-refractivity contribution in [2.24, 2.45) is 0 Å². The molecule has 30 heavy (non-hydrogen) atoms. The molecule has 2 amide bonds. The quantitative estimate of drug-likeness (QED) is 0.599. The van der Waals surface area contributed by atoms with Crippen LogP contribution in [0.2, 0.25) is 5.02 Å². The maximum atomic E-state index is 12.4. The number of piperazine rings is 1. The van der Waals surface area contributed by atoms with E-state index in [1.165, 1.54) is 5.56 Å². The van der Waals surface area contributed by atoms with Crippen LogP contribution in [0, 0.1) is 0 Å². The molecule has 6 heteroatoms. The van der Waals surface area contributed by atoms with Crippen LogP contribution in [0.5, 0.6) is 0 Å². The molecular formula is C24H27ClN2O3. The van der Waals surface area contributed by atoms with Gasteiger partial charge in [0.05, 0.1) is 0 Å². The lowest BCUT2D eigenvalue weighted by atomic mass is 10.1. The number of ketones is 1. The molecule has 0 spiro atoms. The standard InChI is InChI=1S/C24H27ClN2O3/c25-21-11-9-20(10-12-21)22(28)13-14-24(30)27-17-15-26(16-18-27)23(29)8-4-7-19-5-2-1-3-6-19/h1-3,5-6,9-12H,4,7-8,13-18H2. The predicted octanol–water partition coefficient (Wildman–Crippen LogP) is 4.00. The highest BCUT2D eigenvalue weighted by atomic mass is 35.5. The molecule has 2 aromatic rings. The molecule has 5 nitrogen and oxygen atoms in total. The molecule has 1 fully saturated rings. The minimum absolute atomic E-state index is 0.0338. The van der Waals surface area contributed by atoms with Crippen LogP contribution in [0.1, 0.15) is 41.6 Å². The smallest absolute Gasteiger partial charge is 0.223 e. The third kappa shape index (κ3) is 6.42. The Labute approximate surface area is 182 Å². The zero-order chi connectivity index (χ0) is 21.3. The van der Waals surface area contributed by atoms with E-state index in [0.29, 0.717) is 43.2 Å². The van der Waals surface area contributed by atoms with Gasteiger partial charge in [0.25, 0.3) is 0 Å². The largest absolute Gasteiger partial charge is 0.339 e. The van der Waals surface area contributed by atoms with Gasteiger partial charge >= 0.3 is 0 Å². The normalized spacial score (nSPS) is 13.9. The van der Waals surface area contributed by atoms with Crippen LogP contribution < -0.4 is 0 Å². The maximum Gasteiger partial charge on any atom is 0.223 e. The van der Waals surface area contributed by atoms with E-state index in [4.69, 9.17) is 11.6 Å². The van der Waals surface area contributed by atoms with Crippen molar-refractivity contribution in [1.82, 2.24) is 9.80 Å². The lowest BCUT2D eigenvalue weighted by Crippen LogP contribution is -2.50. The van der Waals surface area contributed by atoms with E-state index in [9.17, 15) is 14.4 Å². The van der Waals surface area contributed by atoms with Crippen molar-refractivity contribution in [3.63, 3.8) is 0 Å². The Morgan fingerprint density at radius 1 is 0.733 bits per heavy atom. The van der Waals surface area contributed by atoms with Crippen molar-refractivity contribution in [2.75, 3.05) is 26.2 Å². The molecule has 1 saturated heterocycles. The first kappa shape index (κ1) is 22.0. The van der Waals surface area contributed by atoms with Crippen LogP contribution in [-0.4, -0.2) is 53.6 Å². The van der Waals surface area contributed by atoms with Crippen LogP contribution in [0.3, 0.4) is 0 Å². The fourth-order valence-electron chi connectivity index (χ4n) is 3.61. The van der Waals surface area contributed by atoms with Crippen molar-refractivity contribution in [2.45, 2.75) is 32.1 Å². The van der Waals surface area contributed by atoms with E-state index in [0.717, 1.165) is 12.8 Å². The highest BCUT2D eigenvalue weighted by molar-refractivity contribution is 6.30. The molecular weight excluding hydrogens is 400 g/mol. The van der Waals surface area contributed by atoms with Gasteiger partial charge in [-0.3, -0.25) is 14.4 Å². The van der Waals surface area contributed by atoms with Gasteiger partial charge in [-0.2, -0.15) is 0 Å². The maximum absolute atomic E-state index is 12.4. The summed E-state index contributed by atoms with van der Waals surface area (Å²) in [7, 11) is 0. The lowest BCUT2D eigenvalue weighted by molar-refractivity contribution is -0.139. The Bertz CT molecular complexity index is 860. The van der Waals surface area contributed by atoms with Gasteiger partial charge in [0.2, 0.25) is 11.8 Å². The summed E-state index contributed by atoms with van der Waals surface area (Å²) in [6.45, 7) is 2.17. The van der Waals surface area contributed by atoms with Crippen LogP contribution >= 0.6 is 11.6 Å². The van der Waals surface area contributed by atoms with Crippen LogP contribution in [0.15, 0.2) is 54.6 Å². The van der Waals surface area contributed by atoms with E-state index in [1.54, 1.807) is 29.2 Å². The number of carbonyl (C=O) groups is 3. The fourth-order valence-corrected chi connectivity index (χ4v) is 3.74. The summed E-state index contributed by atoms with van der Waals surface area (Å²) in [5, 5.41) is 0.579. The van der Waals surface area contributed by atoms with Gasteiger partial charge < -0.3 is 9.80 Å². The summed E-state index contributed by atoms with van der Waals surface area (Å²) in [6, 6.07) is 16.9. The number of nitrogens with zero attached hydrogens (tertiary/aromatic N) is 2. The van der Waals surface area contributed by atoms with Crippen LogP contribution in [0.4, 0.5) is 0 Å². The molecule has 0 radical (unpaired) electrons. The van der Waals surface area contributed by atoms with Crippen LogP contribution in [-0.2, 0) is 16.0 Å². The lowest BCUT2D eigenvalue weighted by Gasteiger charge is -2.35. The Morgan fingerprint density at radius 2 is 1.30 bits per heavy atom. The number of aryl methyl sites for hydroxylation is 1. The molecule has 0 saturated carbocycles. The molecule has 0 N–H and O–H groups in total. The Balaban J connectivity index is 1.35. The zero-order valence-corrected chi connectivity index (χ0v) is 17.8. The SMILES string of the molecule is O=C(CCC(=O)N1CCN(C(=O)CCCc2ccccc2)CC1)c1ccc(Cl)cc1. The van der Waals surface area contributed by atoms with Crippen molar-refractivity contribution in [3.8, 4) is 0 Å². The topological polar surface area (TPSA) is 57.7 Å². The zero-order valence-electron chi connectivity index (χ0n) is 17.1. The Hall–Kier alpha value is -2.66. The summed E-state index contributed by atoms with van der Waals surface area (Å²) in [6.07, 6.45) is 2.62. The van der Waals surface area contributed by atoms with E-state index >= 15 is 0 Å². The van der Waals surface area contributed by atoms with Gasteiger partial charge in [0.15, 0.2) is 5.78 Å². The van der Waals surface area contributed by atoms with Gasteiger partial charge in [0.1, 0.15) is 0 Å². The van der Waals surface area contributed by atoms with Crippen molar-refractivity contribution < 1.29 is 14.4 Å². The number of benzene rings is 2. The molecule has 1 aliphatic heterocycles. The Morgan fingerprint density at radius 3 is 1.90 bits per heavy atom. The number of hydrogen-bond acceptors (Lipinski definition) is 3. The molecule has 0 bridgehead atoms. The van der Waals surface area contributed by atoms with Gasteiger partial charge in [-0.25, -0.2) is 0 Å². The second-order valence-electron chi connectivity index (χ2n) is 7.53. The average Bonchev–Trinajstić information content (AvgIpc) is 2.78. The molecule has 1 aliphatic rings. The monoisotopic (exact) mass is 426 g/mol. The van der Waals surface area contributed by atoms with Gasteiger partial charge in [-0.15, -0.1) is 0 Å². The van der Waals surface area contributed by atoms with E-state index in [2.05, 4.69) is 12.1 Å². The molecule has 1 heterocycles. The van der Waals surface area contributed by atoms with Gasteiger partial charge in [0, 0.05) is 56.0 Å². The first-order valence-corrected chi connectivity index (χ1v) is 10.8. The first-order chi connectivity index (χ1) is 14.5. The van der Waals surface area contributed by atoms with Crippen molar-refractivity contribution in [1.29, 1.82) is 0 Å². The number of carbonyl (C=O) groups excluding carboxylic acids is 3. The number of hydrogen-bond donors (Lipinski definition) is 0. The molecule has 2 aromatic carbocycles. The highest BCUT2D eigenvalue weighted by Crippen LogP contribution is 2.14. The summed E-state index contributed by atoms with van der Waals surface area (Å²) in [5.41, 5.74) is 1.81. The predicted molar refractivity (Wildman–Crippen MR) is 118 cm³/mol. The molecule has 0 unspecified atom stereocenters. The average molecular weight is 427 g/mol. The number of amides is 2. The fraction of sp³-hybridized carbons (Fsp3) is 0.375. The number of halogens is 1. The highest BCUT2D eigenvalue weighted by Gasteiger charge is 2.24. The van der Waals surface area contributed by atoms with E-state index < -0.39 is 0 Å². The Kier molecular flexibility index (Phi) is 8.03. The van der Waals surface area contributed by atoms with Crippen molar-refractivity contribution >= 4 is 29.2 Å².